The highest BCUT2D eigenvalue weighted by Crippen LogP contribution is 2.25. The minimum Gasteiger partial charge on any atom is -0.497 e. The van der Waals surface area contributed by atoms with Crippen molar-refractivity contribution in [3.05, 3.63) is 30.2 Å². The fourth-order valence-electron chi connectivity index (χ4n) is 2.30. The maximum atomic E-state index is 10.6. The van der Waals surface area contributed by atoms with E-state index in [1.165, 1.54) is 12.8 Å². The zero-order valence-corrected chi connectivity index (χ0v) is 13.9. The van der Waals surface area contributed by atoms with Gasteiger partial charge in [-0.3, -0.25) is 0 Å². The Morgan fingerprint density at radius 2 is 1.96 bits per heavy atom. The van der Waals surface area contributed by atoms with Gasteiger partial charge in [0.2, 0.25) is 11.7 Å². The van der Waals surface area contributed by atoms with Crippen LogP contribution in [0.5, 0.6) is 5.75 Å². The number of hydrogen-bond donors (Lipinski definition) is 2. The van der Waals surface area contributed by atoms with Crippen LogP contribution in [0.2, 0.25) is 0 Å². The van der Waals surface area contributed by atoms with Crippen molar-refractivity contribution in [2.45, 2.75) is 31.5 Å². The van der Waals surface area contributed by atoms with E-state index in [1.54, 1.807) is 7.11 Å². The number of rotatable bonds is 3. The summed E-state index contributed by atoms with van der Waals surface area (Å²) in [6.45, 7) is 1.02. The van der Waals surface area contributed by atoms with Crippen LogP contribution in [-0.2, 0) is 4.79 Å². The van der Waals surface area contributed by atoms with E-state index < -0.39 is 12.1 Å². The van der Waals surface area contributed by atoms with Crippen molar-refractivity contribution in [2.24, 2.45) is 0 Å². The van der Waals surface area contributed by atoms with Gasteiger partial charge in [-0.1, -0.05) is 11.6 Å². The average molecular weight is 373 g/mol. The summed E-state index contributed by atoms with van der Waals surface area (Å²) in [7, 11) is 1.65. The maximum absolute atomic E-state index is 10.6. The Kier molecular flexibility index (Phi) is 6.56. The molecule has 2 N–H and O–H groups in total. The number of halogens is 3. The molecule has 1 fully saturated rings. The van der Waals surface area contributed by atoms with Crippen LogP contribution in [0.1, 0.15) is 31.2 Å². The molecule has 10 heteroatoms. The van der Waals surface area contributed by atoms with Gasteiger partial charge in [-0.15, -0.1) is 0 Å². The molecule has 1 aromatic carbocycles. The molecule has 26 heavy (non-hydrogen) atoms. The molecule has 0 amide bonds. The Balaban J connectivity index is 0.000000298. The van der Waals surface area contributed by atoms with Crippen molar-refractivity contribution < 1.29 is 32.3 Å². The highest BCUT2D eigenvalue weighted by atomic mass is 19.4. The lowest BCUT2D eigenvalue weighted by molar-refractivity contribution is -0.192. The van der Waals surface area contributed by atoms with Crippen molar-refractivity contribution in [3.63, 3.8) is 0 Å². The first kappa shape index (κ1) is 19.7. The molecular weight excluding hydrogens is 355 g/mol. The number of piperidine rings is 1. The lowest BCUT2D eigenvalue weighted by Crippen LogP contribution is -2.26. The van der Waals surface area contributed by atoms with E-state index in [9.17, 15) is 13.2 Å². The van der Waals surface area contributed by atoms with Crippen molar-refractivity contribution in [2.75, 3.05) is 13.7 Å². The SMILES string of the molecule is COc1ccc(-c2noc([C@H]3CCCCN3)n2)cc1.O=C(O)C(F)(F)F. The van der Waals surface area contributed by atoms with Crippen LogP contribution in [0.4, 0.5) is 13.2 Å². The van der Waals surface area contributed by atoms with Gasteiger partial charge in [-0.2, -0.15) is 18.2 Å². The standard InChI is InChI=1S/C14H17N3O2.C2HF3O2/c1-18-11-7-5-10(6-8-11)13-16-14(19-17-13)12-4-2-3-9-15-12;3-2(4,5)1(6)7/h5-8,12,15H,2-4,9H2,1H3;(H,6,7)/t12-;/m1./s1. The number of carbonyl (C=O) groups is 1. The molecule has 3 rings (SSSR count). The summed E-state index contributed by atoms with van der Waals surface area (Å²) in [5, 5.41) is 14.6. The number of carboxylic acid groups (broad SMARTS) is 1. The molecule has 0 aliphatic carbocycles. The fraction of sp³-hybridized carbons (Fsp3) is 0.438. The zero-order chi connectivity index (χ0) is 19.2. The molecule has 2 aromatic rings. The van der Waals surface area contributed by atoms with Crippen LogP contribution in [-0.4, -0.2) is 41.0 Å². The summed E-state index contributed by atoms with van der Waals surface area (Å²) in [5.41, 5.74) is 0.937. The van der Waals surface area contributed by atoms with Crippen LogP contribution in [0, 0.1) is 0 Å². The van der Waals surface area contributed by atoms with Crippen LogP contribution in [0.25, 0.3) is 11.4 Å². The summed E-state index contributed by atoms with van der Waals surface area (Å²) in [5.74, 6) is -0.621. The summed E-state index contributed by atoms with van der Waals surface area (Å²) in [6, 6.07) is 7.85. The molecule has 1 aliphatic rings. The first-order valence-corrected chi connectivity index (χ1v) is 7.83. The van der Waals surface area contributed by atoms with Gasteiger partial charge in [-0.05, 0) is 43.7 Å². The normalized spacial score (nSPS) is 17.2. The van der Waals surface area contributed by atoms with E-state index in [4.69, 9.17) is 19.2 Å². The molecule has 0 spiro atoms. The Labute approximate surface area is 147 Å². The summed E-state index contributed by atoms with van der Waals surface area (Å²) < 4.78 is 42.2. The van der Waals surface area contributed by atoms with Crippen molar-refractivity contribution in [1.82, 2.24) is 15.5 Å². The number of methoxy groups -OCH3 is 1. The second kappa shape index (κ2) is 8.65. The van der Waals surface area contributed by atoms with E-state index in [2.05, 4.69) is 15.5 Å². The van der Waals surface area contributed by atoms with Crippen molar-refractivity contribution >= 4 is 5.97 Å². The molecule has 1 aliphatic heterocycles. The average Bonchev–Trinajstić information content (AvgIpc) is 3.12. The highest BCUT2D eigenvalue weighted by Gasteiger charge is 2.38. The third kappa shape index (κ3) is 5.45. The van der Waals surface area contributed by atoms with E-state index in [0.29, 0.717) is 11.7 Å². The highest BCUT2D eigenvalue weighted by molar-refractivity contribution is 5.73. The van der Waals surface area contributed by atoms with Gasteiger partial charge in [0, 0.05) is 5.56 Å². The Morgan fingerprint density at radius 3 is 2.46 bits per heavy atom. The van der Waals surface area contributed by atoms with E-state index in [0.717, 1.165) is 24.3 Å². The number of ether oxygens (including phenoxy) is 1. The monoisotopic (exact) mass is 373 g/mol. The van der Waals surface area contributed by atoms with Gasteiger partial charge in [0.15, 0.2) is 0 Å². The lowest BCUT2D eigenvalue weighted by Gasteiger charge is -2.19. The first-order chi connectivity index (χ1) is 12.3. The van der Waals surface area contributed by atoms with E-state index >= 15 is 0 Å². The number of alkyl halides is 3. The Hall–Kier alpha value is -2.62. The van der Waals surface area contributed by atoms with Gasteiger partial charge in [0.25, 0.3) is 0 Å². The molecule has 0 radical (unpaired) electrons. The molecule has 1 aromatic heterocycles. The van der Waals surface area contributed by atoms with Gasteiger partial charge in [0.05, 0.1) is 13.2 Å². The van der Waals surface area contributed by atoms with Crippen LogP contribution in [0.3, 0.4) is 0 Å². The van der Waals surface area contributed by atoms with Crippen LogP contribution in [0.15, 0.2) is 28.8 Å². The number of hydrogen-bond acceptors (Lipinski definition) is 6. The molecule has 2 heterocycles. The third-order valence-electron chi connectivity index (χ3n) is 3.64. The predicted molar refractivity (Wildman–Crippen MR) is 84.6 cm³/mol. The Morgan fingerprint density at radius 1 is 1.31 bits per heavy atom. The quantitative estimate of drug-likeness (QED) is 0.853. The largest absolute Gasteiger partial charge is 0.497 e. The number of benzene rings is 1. The molecule has 7 nitrogen and oxygen atoms in total. The zero-order valence-electron chi connectivity index (χ0n) is 13.9. The van der Waals surface area contributed by atoms with Crippen molar-refractivity contribution in [1.29, 1.82) is 0 Å². The first-order valence-electron chi connectivity index (χ1n) is 7.83. The van der Waals surface area contributed by atoms with Gasteiger partial charge in [0.1, 0.15) is 5.75 Å². The molecule has 142 valence electrons. The number of aliphatic carboxylic acids is 1. The summed E-state index contributed by atoms with van der Waals surface area (Å²) in [6.07, 6.45) is -1.60. The van der Waals surface area contributed by atoms with Crippen LogP contribution < -0.4 is 10.1 Å². The van der Waals surface area contributed by atoms with Crippen molar-refractivity contribution in [3.8, 4) is 17.1 Å². The second-order valence-corrected chi connectivity index (χ2v) is 5.49. The van der Waals surface area contributed by atoms with E-state index in [1.807, 2.05) is 24.3 Å². The lowest BCUT2D eigenvalue weighted by atomic mass is 10.1. The van der Waals surface area contributed by atoms with Gasteiger partial charge >= 0.3 is 12.1 Å². The van der Waals surface area contributed by atoms with E-state index in [-0.39, 0.29) is 6.04 Å². The molecular formula is C16H18F3N3O4. The molecule has 0 unspecified atom stereocenters. The maximum Gasteiger partial charge on any atom is 0.490 e. The second-order valence-electron chi connectivity index (χ2n) is 5.49. The molecule has 0 saturated carbocycles. The number of carboxylic acids is 1. The summed E-state index contributed by atoms with van der Waals surface area (Å²) >= 11 is 0. The number of nitrogens with zero attached hydrogens (tertiary/aromatic N) is 2. The minimum atomic E-state index is -5.08. The van der Waals surface area contributed by atoms with Crippen LogP contribution >= 0.6 is 0 Å². The fourth-order valence-corrected chi connectivity index (χ4v) is 2.30. The molecule has 1 saturated heterocycles. The molecule has 1 atom stereocenters. The number of aromatic nitrogens is 2. The summed E-state index contributed by atoms with van der Waals surface area (Å²) in [4.78, 5) is 13.4. The topological polar surface area (TPSA) is 97.5 Å². The predicted octanol–water partition coefficient (Wildman–Crippen LogP) is 3.19. The van der Waals surface area contributed by atoms with Gasteiger partial charge in [-0.25, -0.2) is 4.79 Å². The van der Waals surface area contributed by atoms with Gasteiger partial charge < -0.3 is 19.7 Å². The Bertz CT molecular complexity index is 710. The third-order valence-corrected chi connectivity index (χ3v) is 3.64. The molecule has 0 bridgehead atoms. The minimum absolute atomic E-state index is 0.202. The smallest absolute Gasteiger partial charge is 0.490 e. The number of nitrogens with one attached hydrogen (secondary N) is 1.